The maximum atomic E-state index is 13.6. The van der Waals surface area contributed by atoms with Gasteiger partial charge in [-0.3, -0.25) is 19.6 Å². The van der Waals surface area contributed by atoms with Crippen LogP contribution in [-0.4, -0.2) is 38.8 Å². The molecule has 8 heteroatoms. The zero-order valence-electron chi connectivity index (χ0n) is 17.6. The zero-order valence-corrected chi connectivity index (χ0v) is 17.6. The molecule has 1 atom stereocenters. The molecule has 1 aliphatic rings. The number of aliphatic hydroxyl groups excluding tert-OH is 1. The molecule has 0 spiro atoms. The molecule has 1 aromatic carbocycles. The van der Waals surface area contributed by atoms with Gasteiger partial charge in [0.1, 0.15) is 0 Å². The maximum absolute atomic E-state index is 13.6. The molecule has 33 heavy (non-hydrogen) atoms. The van der Waals surface area contributed by atoms with Crippen molar-refractivity contribution in [1.29, 1.82) is 0 Å². The predicted octanol–water partition coefficient (Wildman–Crippen LogP) is 4.01. The van der Waals surface area contributed by atoms with Crippen molar-refractivity contribution in [2.75, 3.05) is 7.11 Å². The molecule has 0 fully saturated rings. The van der Waals surface area contributed by atoms with Gasteiger partial charge in [-0.05, 0) is 35.9 Å². The minimum Gasteiger partial charge on any atom is -0.503 e. The van der Waals surface area contributed by atoms with Gasteiger partial charge in [0.25, 0.3) is 5.91 Å². The van der Waals surface area contributed by atoms with Crippen LogP contribution in [0, 0.1) is 0 Å². The van der Waals surface area contributed by atoms with E-state index >= 15 is 0 Å². The highest BCUT2D eigenvalue weighted by molar-refractivity contribution is 6.16. The Labute approximate surface area is 188 Å². The van der Waals surface area contributed by atoms with E-state index in [1.54, 1.807) is 67.1 Å². The van der Waals surface area contributed by atoms with E-state index in [2.05, 4.69) is 9.97 Å². The third-order valence-electron chi connectivity index (χ3n) is 5.56. The number of nitrogens with zero attached hydrogens (tertiary/aromatic N) is 3. The summed E-state index contributed by atoms with van der Waals surface area (Å²) in [5.41, 5.74) is 1.55. The molecule has 4 aromatic rings. The molecule has 0 aliphatic carbocycles. The smallest absolute Gasteiger partial charge is 0.290 e. The van der Waals surface area contributed by atoms with E-state index in [1.165, 1.54) is 12.0 Å². The third-order valence-corrected chi connectivity index (χ3v) is 5.56. The first-order valence-electron chi connectivity index (χ1n) is 10.2. The summed E-state index contributed by atoms with van der Waals surface area (Å²) in [6.07, 6.45) is 4.78. The number of fused-ring (bicyclic) bond motifs is 1. The van der Waals surface area contributed by atoms with Crippen molar-refractivity contribution in [2.24, 2.45) is 0 Å². The molecule has 0 radical (unpaired) electrons. The molecule has 1 unspecified atom stereocenters. The van der Waals surface area contributed by atoms with Crippen LogP contribution in [0.4, 0.5) is 0 Å². The molecule has 0 saturated carbocycles. The Hall–Kier alpha value is -4.46. The van der Waals surface area contributed by atoms with E-state index in [9.17, 15) is 14.7 Å². The number of amides is 1. The van der Waals surface area contributed by atoms with Crippen molar-refractivity contribution in [3.05, 3.63) is 102 Å². The summed E-state index contributed by atoms with van der Waals surface area (Å²) in [7, 11) is 1.51. The third kappa shape index (κ3) is 3.51. The molecule has 1 N–H and O–H groups in total. The highest BCUT2D eigenvalue weighted by atomic mass is 16.5. The van der Waals surface area contributed by atoms with Crippen LogP contribution in [0.2, 0.25) is 0 Å². The van der Waals surface area contributed by atoms with Crippen molar-refractivity contribution >= 4 is 22.7 Å². The van der Waals surface area contributed by atoms with E-state index in [4.69, 9.17) is 9.15 Å². The summed E-state index contributed by atoms with van der Waals surface area (Å²) in [4.78, 5) is 36.5. The van der Waals surface area contributed by atoms with Gasteiger partial charge in [0, 0.05) is 24.0 Å². The summed E-state index contributed by atoms with van der Waals surface area (Å²) in [6.45, 7) is 0.105. The number of benzene rings is 1. The average molecular weight is 441 g/mol. The molecule has 0 saturated heterocycles. The van der Waals surface area contributed by atoms with Gasteiger partial charge in [-0.15, -0.1) is 0 Å². The number of para-hydroxylation sites is 1. The predicted molar refractivity (Wildman–Crippen MR) is 119 cm³/mol. The average Bonchev–Trinajstić information content (AvgIpc) is 3.40. The fourth-order valence-corrected chi connectivity index (χ4v) is 4.04. The second kappa shape index (κ2) is 8.23. The van der Waals surface area contributed by atoms with Crippen LogP contribution in [-0.2, 0) is 11.3 Å². The summed E-state index contributed by atoms with van der Waals surface area (Å²) in [5, 5.41) is 11.5. The van der Waals surface area contributed by atoms with Gasteiger partial charge in [-0.25, -0.2) is 0 Å². The van der Waals surface area contributed by atoms with Crippen LogP contribution in [0.15, 0.2) is 88.9 Å². The number of ketones is 1. The lowest BCUT2D eigenvalue weighted by molar-refractivity contribution is -0.130. The summed E-state index contributed by atoms with van der Waals surface area (Å²) in [5.74, 6) is -1.38. The number of aromatic nitrogens is 2. The number of Topliss-reactive ketones (excluding diaryl/α,β-unsaturated/α-hetero) is 1. The van der Waals surface area contributed by atoms with Gasteiger partial charge in [0.05, 0.1) is 31.0 Å². The highest BCUT2D eigenvalue weighted by Gasteiger charge is 2.44. The molecule has 0 bridgehead atoms. The van der Waals surface area contributed by atoms with Gasteiger partial charge in [0.15, 0.2) is 22.9 Å². The number of carbonyl (C=O) groups is 2. The lowest BCUT2D eigenvalue weighted by Gasteiger charge is -2.26. The number of aliphatic hydroxyl groups is 1. The minimum atomic E-state index is -0.851. The number of carbonyl (C=O) groups excluding carboxylic acids is 2. The van der Waals surface area contributed by atoms with Crippen LogP contribution >= 0.6 is 0 Å². The Kier molecular flexibility index (Phi) is 5.10. The number of pyridine rings is 2. The first kappa shape index (κ1) is 20.4. The first-order chi connectivity index (χ1) is 16.1. The first-order valence-corrected chi connectivity index (χ1v) is 10.2. The number of rotatable bonds is 6. The van der Waals surface area contributed by atoms with E-state index in [-0.39, 0.29) is 17.9 Å². The summed E-state index contributed by atoms with van der Waals surface area (Å²) in [6, 6.07) is 14.8. The fraction of sp³-hybridized carbons (Fsp3) is 0.120. The Bertz CT molecular complexity index is 1380. The molecule has 1 amide bonds. The number of methoxy groups -OCH3 is 1. The monoisotopic (exact) mass is 441 g/mol. The molecule has 1 aliphatic heterocycles. The summed E-state index contributed by atoms with van der Waals surface area (Å²) >= 11 is 0. The van der Waals surface area contributed by atoms with Gasteiger partial charge in [-0.2, -0.15) is 0 Å². The van der Waals surface area contributed by atoms with Gasteiger partial charge >= 0.3 is 0 Å². The molecular weight excluding hydrogens is 422 g/mol. The van der Waals surface area contributed by atoms with E-state index in [0.29, 0.717) is 28.0 Å². The van der Waals surface area contributed by atoms with Crippen molar-refractivity contribution in [2.45, 2.75) is 12.6 Å². The molecular formula is C25H19N3O5. The van der Waals surface area contributed by atoms with Gasteiger partial charge in [-0.1, -0.05) is 24.3 Å². The Balaban J connectivity index is 1.60. The number of furan rings is 1. The zero-order chi connectivity index (χ0) is 22.9. The van der Waals surface area contributed by atoms with Crippen molar-refractivity contribution in [1.82, 2.24) is 14.9 Å². The number of hydrogen-bond acceptors (Lipinski definition) is 7. The normalized spacial score (nSPS) is 16.0. The highest BCUT2D eigenvalue weighted by Crippen LogP contribution is 2.40. The van der Waals surface area contributed by atoms with Crippen LogP contribution in [0.1, 0.15) is 27.9 Å². The van der Waals surface area contributed by atoms with Crippen molar-refractivity contribution in [3.8, 4) is 5.75 Å². The SMILES string of the molecule is COc1cccc2cc(C(=O)C3=C(O)C(=O)N(Cc4ccccn4)C3c3cccnc3)oc12. The van der Waals surface area contributed by atoms with E-state index in [0.717, 1.165) is 0 Å². The standard InChI is InChI=1S/C25H19N3O5/c1-32-18-9-4-6-15-12-19(33-24(15)18)22(29)20-21(16-7-5-10-26-13-16)28(25(31)23(20)30)14-17-8-2-3-11-27-17/h2-13,21,30H,14H2,1H3. The van der Waals surface area contributed by atoms with Crippen molar-refractivity contribution < 1.29 is 23.8 Å². The largest absolute Gasteiger partial charge is 0.503 e. The minimum absolute atomic E-state index is 0.00238. The lowest BCUT2D eigenvalue weighted by Crippen LogP contribution is -2.31. The molecule has 5 rings (SSSR count). The van der Waals surface area contributed by atoms with E-state index in [1.807, 2.05) is 6.07 Å². The molecule has 164 valence electrons. The Morgan fingerprint density at radius 3 is 2.76 bits per heavy atom. The molecule has 4 heterocycles. The van der Waals surface area contributed by atoms with E-state index < -0.39 is 23.5 Å². The second-order valence-electron chi connectivity index (χ2n) is 7.52. The quantitative estimate of drug-likeness (QED) is 0.451. The number of hydrogen-bond donors (Lipinski definition) is 1. The van der Waals surface area contributed by atoms with Crippen LogP contribution in [0.3, 0.4) is 0 Å². The maximum Gasteiger partial charge on any atom is 0.290 e. The molecule has 8 nitrogen and oxygen atoms in total. The fourth-order valence-electron chi connectivity index (χ4n) is 4.04. The van der Waals surface area contributed by atoms with Crippen molar-refractivity contribution in [3.63, 3.8) is 0 Å². The van der Waals surface area contributed by atoms with Crippen LogP contribution < -0.4 is 4.74 Å². The van der Waals surface area contributed by atoms with Crippen LogP contribution in [0.25, 0.3) is 11.0 Å². The van der Waals surface area contributed by atoms with Gasteiger partial charge in [0.2, 0.25) is 5.78 Å². The Morgan fingerprint density at radius 2 is 2.03 bits per heavy atom. The Morgan fingerprint density at radius 1 is 1.15 bits per heavy atom. The number of ether oxygens (including phenoxy) is 1. The topological polar surface area (TPSA) is 106 Å². The summed E-state index contributed by atoms with van der Waals surface area (Å²) < 4.78 is 11.1. The van der Waals surface area contributed by atoms with Gasteiger partial charge < -0.3 is 19.2 Å². The lowest BCUT2D eigenvalue weighted by atomic mass is 9.96. The van der Waals surface area contributed by atoms with Crippen LogP contribution in [0.5, 0.6) is 5.75 Å². The second-order valence-corrected chi connectivity index (χ2v) is 7.52. The molecule has 3 aromatic heterocycles.